The average Bonchev–Trinajstić information content (AvgIpc) is 2.61. The van der Waals surface area contributed by atoms with Crippen LogP contribution in [0.15, 0.2) is 35.1 Å². The highest BCUT2D eigenvalue weighted by Gasteiger charge is 2.41. The number of benzene rings is 1. The number of likely N-dealkylation sites (tertiary alicyclic amines) is 1. The second kappa shape index (κ2) is 8.24. The summed E-state index contributed by atoms with van der Waals surface area (Å²) in [6, 6.07) is 6.61. The minimum absolute atomic E-state index is 0.00227. The van der Waals surface area contributed by atoms with Crippen LogP contribution in [0, 0.1) is 0 Å². The number of ether oxygens (including phenoxy) is 2. The van der Waals surface area contributed by atoms with Crippen LogP contribution in [0.3, 0.4) is 0 Å². The van der Waals surface area contributed by atoms with E-state index in [2.05, 4.69) is 5.10 Å². The molecule has 31 heavy (non-hydrogen) atoms. The summed E-state index contributed by atoms with van der Waals surface area (Å²) in [7, 11) is 1.50. The summed E-state index contributed by atoms with van der Waals surface area (Å²) >= 11 is 0. The quantitative estimate of drug-likeness (QED) is 0.720. The second-order valence-electron chi connectivity index (χ2n) is 8.27. The fourth-order valence-electron chi connectivity index (χ4n) is 3.17. The molecule has 1 aromatic heterocycles. The predicted molar refractivity (Wildman–Crippen MR) is 106 cm³/mol. The van der Waals surface area contributed by atoms with Crippen LogP contribution in [0.1, 0.15) is 50.1 Å². The molecule has 1 fully saturated rings. The van der Waals surface area contributed by atoms with Crippen molar-refractivity contribution in [1.82, 2.24) is 14.7 Å². The van der Waals surface area contributed by atoms with Crippen molar-refractivity contribution in [2.75, 3.05) is 13.7 Å². The van der Waals surface area contributed by atoms with Gasteiger partial charge in [-0.3, -0.25) is 9.69 Å². The third kappa shape index (κ3) is 5.18. The van der Waals surface area contributed by atoms with Crippen LogP contribution >= 0.6 is 0 Å². The Hall–Kier alpha value is -3.04. The van der Waals surface area contributed by atoms with Crippen molar-refractivity contribution in [2.45, 2.75) is 51.6 Å². The van der Waals surface area contributed by atoms with Gasteiger partial charge in [0.15, 0.2) is 0 Å². The van der Waals surface area contributed by atoms with Gasteiger partial charge >= 0.3 is 12.3 Å². The van der Waals surface area contributed by atoms with Crippen molar-refractivity contribution < 1.29 is 27.4 Å². The van der Waals surface area contributed by atoms with Crippen molar-refractivity contribution in [3.8, 4) is 5.75 Å². The first-order valence-corrected chi connectivity index (χ1v) is 9.71. The Labute approximate surface area is 177 Å². The van der Waals surface area contributed by atoms with Gasteiger partial charge in [0.25, 0.3) is 5.56 Å². The molecule has 1 saturated heterocycles. The number of aromatic nitrogens is 2. The molecule has 1 atom stereocenters. The lowest BCUT2D eigenvalue weighted by Gasteiger charge is -2.41. The summed E-state index contributed by atoms with van der Waals surface area (Å²) < 4.78 is 51.8. The van der Waals surface area contributed by atoms with Crippen LogP contribution in [0.5, 0.6) is 5.75 Å². The van der Waals surface area contributed by atoms with Gasteiger partial charge < -0.3 is 9.47 Å². The number of alkyl halides is 3. The summed E-state index contributed by atoms with van der Waals surface area (Å²) in [5, 5.41) is 4.16. The molecule has 1 amide bonds. The molecule has 168 valence electrons. The Balaban J connectivity index is 1.96. The standard InChI is InChI=1S/C21H24F3N3O4/c1-20(2,3)31-19(29)26-10-9-17(26)16-11-15(21(22,23)24)18(28)27(25-16)12-13-5-7-14(30-4)8-6-13/h5-8,11,17H,9-10,12H2,1-4H3. The zero-order valence-corrected chi connectivity index (χ0v) is 17.7. The van der Waals surface area contributed by atoms with Gasteiger partial charge in [-0.15, -0.1) is 0 Å². The molecule has 1 unspecified atom stereocenters. The van der Waals surface area contributed by atoms with Gasteiger partial charge in [0, 0.05) is 6.54 Å². The van der Waals surface area contributed by atoms with Crippen molar-refractivity contribution >= 4 is 6.09 Å². The number of nitrogens with zero attached hydrogens (tertiary/aromatic N) is 3. The molecule has 0 aliphatic carbocycles. The summed E-state index contributed by atoms with van der Waals surface area (Å²) in [5.41, 5.74) is -2.72. The van der Waals surface area contributed by atoms with Crippen molar-refractivity contribution in [1.29, 1.82) is 0 Å². The zero-order valence-electron chi connectivity index (χ0n) is 17.7. The highest BCUT2D eigenvalue weighted by atomic mass is 19.4. The Morgan fingerprint density at radius 1 is 1.19 bits per heavy atom. The number of carbonyl (C=O) groups excluding carboxylic acids is 1. The van der Waals surface area contributed by atoms with Crippen LogP contribution in [0.4, 0.5) is 18.0 Å². The molecule has 10 heteroatoms. The fraction of sp³-hybridized carbons (Fsp3) is 0.476. The first-order valence-electron chi connectivity index (χ1n) is 9.71. The molecular formula is C21H24F3N3O4. The fourth-order valence-corrected chi connectivity index (χ4v) is 3.17. The lowest BCUT2D eigenvalue weighted by atomic mass is 9.99. The van der Waals surface area contributed by atoms with Gasteiger partial charge in [-0.25, -0.2) is 9.48 Å². The first kappa shape index (κ1) is 22.6. The number of methoxy groups -OCH3 is 1. The lowest BCUT2D eigenvalue weighted by Crippen LogP contribution is -2.48. The molecule has 1 aliphatic heterocycles. The van der Waals surface area contributed by atoms with Crippen LogP contribution in [-0.2, 0) is 17.5 Å². The number of amides is 1. The van der Waals surface area contributed by atoms with E-state index in [0.29, 0.717) is 24.3 Å². The number of carbonyl (C=O) groups is 1. The van der Waals surface area contributed by atoms with E-state index in [1.54, 1.807) is 45.0 Å². The number of hydrogen-bond acceptors (Lipinski definition) is 5. The molecule has 0 bridgehead atoms. The van der Waals surface area contributed by atoms with Gasteiger partial charge in [0.05, 0.1) is 25.4 Å². The van der Waals surface area contributed by atoms with E-state index in [0.717, 1.165) is 10.7 Å². The molecule has 0 radical (unpaired) electrons. The van der Waals surface area contributed by atoms with E-state index in [1.165, 1.54) is 12.0 Å². The van der Waals surface area contributed by atoms with Gasteiger partial charge in [-0.05, 0) is 51.0 Å². The maximum atomic E-state index is 13.5. The van der Waals surface area contributed by atoms with Gasteiger partial charge in [0.2, 0.25) is 0 Å². The molecule has 0 saturated carbocycles. The van der Waals surface area contributed by atoms with Gasteiger partial charge in [0.1, 0.15) is 16.9 Å². The molecule has 1 aromatic carbocycles. The van der Waals surface area contributed by atoms with Gasteiger partial charge in [-0.2, -0.15) is 18.3 Å². The normalized spacial score (nSPS) is 16.6. The molecule has 3 rings (SSSR count). The van der Waals surface area contributed by atoms with E-state index >= 15 is 0 Å². The molecule has 1 aliphatic rings. The van der Waals surface area contributed by atoms with E-state index in [4.69, 9.17) is 9.47 Å². The Morgan fingerprint density at radius 3 is 2.32 bits per heavy atom. The van der Waals surface area contributed by atoms with Crippen LogP contribution in [0.2, 0.25) is 0 Å². The van der Waals surface area contributed by atoms with Crippen LogP contribution in [-0.4, -0.2) is 40.0 Å². The van der Waals surface area contributed by atoms with E-state index in [1.807, 2.05) is 0 Å². The monoisotopic (exact) mass is 439 g/mol. The number of halogens is 3. The highest BCUT2D eigenvalue weighted by molar-refractivity contribution is 5.69. The summed E-state index contributed by atoms with van der Waals surface area (Å²) in [5.74, 6) is 0.580. The minimum Gasteiger partial charge on any atom is -0.497 e. The molecule has 2 heterocycles. The lowest BCUT2D eigenvalue weighted by molar-refractivity contribution is -0.139. The van der Waals surface area contributed by atoms with Gasteiger partial charge in [-0.1, -0.05) is 12.1 Å². The largest absolute Gasteiger partial charge is 0.497 e. The Kier molecular flexibility index (Phi) is 6.02. The third-order valence-corrected chi connectivity index (χ3v) is 4.78. The maximum Gasteiger partial charge on any atom is 0.421 e. The van der Waals surface area contributed by atoms with Crippen molar-refractivity contribution in [3.05, 3.63) is 57.5 Å². The average molecular weight is 439 g/mol. The van der Waals surface area contributed by atoms with E-state index in [-0.39, 0.29) is 12.2 Å². The Bertz CT molecular complexity index is 1010. The minimum atomic E-state index is -4.85. The van der Waals surface area contributed by atoms with E-state index in [9.17, 15) is 22.8 Å². The summed E-state index contributed by atoms with van der Waals surface area (Å²) in [6.07, 6.45) is -5.06. The smallest absolute Gasteiger partial charge is 0.421 e. The first-order chi connectivity index (χ1) is 14.4. The van der Waals surface area contributed by atoms with Crippen molar-refractivity contribution in [2.24, 2.45) is 0 Å². The summed E-state index contributed by atoms with van der Waals surface area (Å²) in [6.45, 7) is 5.29. The topological polar surface area (TPSA) is 73.7 Å². The SMILES string of the molecule is COc1ccc(Cn2nc(C3CCN3C(=O)OC(C)(C)C)cc(C(F)(F)F)c2=O)cc1. The predicted octanol–water partition coefficient (Wildman–Crippen LogP) is 4.00. The highest BCUT2D eigenvalue weighted by Crippen LogP contribution is 2.35. The Morgan fingerprint density at radius 2 is 1.84 bits per heavy atom. The molecule has 0 spiro atoms. The second-order valence-corrected chi connectivity index (χ2v) is 8.27. The van der Waals surface area contributed by atoms with Crippen molar-refractivity contribution in [3.63, 3.8) is 0 Å². The molecular weight excluding hydrogens is 415 g/mol. The number of hydrogen-bond donors (Lipinski definition) is 0. The number of rotatable bonds is 4. The molecule has 0 N–H and O–H groups in total. The third-order valence-electron chi connectivity index (χ3n) is 4.78. The maximum absolute atomic E-state index is 13.5. The molecule has 7 nitrogen and oxygen atoms in total. The summed E-state index contributed by atoms with van der Waals surface area (Å²) in [4.78, 5) is 26.2. The van der Waals surface area contributed by atoms with Crippen LogP contribution in [0.25, 0.3) is 0 Å². The van der Waals surface area contributed by atoms with E-state index < -0.39 is 35.0 Å². The molecule has 2 aromatic rings. The zero-order chi connectivity index (χ0) is 23.0. The van der Waals surface area contributed by atoms with Crippen LogP contribution < -0.4 is 10.3 Å².